The maximum atomic E-state index is 13.8. The third kappa shape index (κ3) is 3.36. The molecule has 2 amide bonds. The highest BCUT2D eigenvalue weighted by atomic mass is 35.5. The zero-order valence-corrected chi connectivity index (χ0v) is 13.9. The van der Waals surface area contributed by atoms with E-state index in [2.05, 4.69) is 10.4 Å². The van der Waals surface area contributed by atoms with Crippen molar-refractivity contribution in [3.05, 3.63) is 51.8 Å². The van der Waals surface area contributed by atoms with Crippen molar-refractivity contribution in [3.8, 4) is 0 Å². The van der Waals surface area contributed by atoms with Crippen molar-refractivity contribution in [2.24, 2.45) is 7.05 Å². The van der Waals surface area contributed by atoms with Gasteiger partial charge in [-0.2, -0.15) is 5.10 Å². The molecule has 0 aliphatic carbocycles. The van der Waals surface area contributed by atoms with E-state index in [0.29, 0.717) is 13.1 Å². The number of nitrogens with one attached hydrogen (secondary N) is 1. The number of carbonyl (C=O) groups is 1. The van der Waals surface area contributed by atoms with Crippen LogP contribution in [0.25, 0.3) is 0 Å². The summed E-state index contributed by atoms with van der Waals surface area (Å²) in [6.45, 7) is 0.944. The largest absolute Gasteiger partial charge is 0.334 e. The molecule has 0 radical (unpaired) electrons. The molecule has 3 rings (SSSR count). The van der Waals surface area contributed by atoms with Crippen LogP contribution in [0.5, 0.6) is 0 Å². The molecule has 1 N–H and O–H groups in total. The molecule has 2 aromatic rings. The normalized spacial score (nSPS) is 14.2. The van der Waals surface area contributed by atoms with E-state index in [-0.39, 0.29) is 23.2 Å². The molecule has 0 saturated heterocycles. The molecule has 1 aliphatic heterocycles. The first kappa shape index (κ1) is 16.7. The number of fused-ring (bicyclic) bond motifs is 1. The van der Waals surface area contributed by atoms with Crippen LogP contribution < -0.4 is 5.32 Å². The zero-order valence-electron chi connectivity index (χ0n) is 13.2. The standard InChI is InChI=1S/C16H17ClF2N4O/c1-22-15-3-2-4-23(9-11(15)8-21-22)16(24)20-7-10-5-14(19)12(17)6-13(10)18/h5-6,8H,2-4,7,9H2,1H3,(H,20,24). The number of benzene rings is 1. The number of hydrogen-bond donors (Lipinski definition) is 1. The fourth-order valence-electron chi connectivity index (χ4n) is 2.84. The number of aromatic nitrogens is 2. The Balaban J connectivity index is 1.66. The van der Waals surface area contributed by atoms with Crippen LogP contribution in [0.15, 0.2) is 18.3 Å². The molecular weight excluding hydrogens is 338 g/mol. The minimum atomic E-state index is -0.711. The van der Waals surface area contributed by atoms with Crippen LogP contribution in [0.4, 0.5) is 13.6 Å². The molecule has 1 aromatic heterocycles. The monoisotopic (exact) mass is 354 g/mol. The summed E-state index contributed by atoms with van der Waals surface area (Å²) >= 11 is 5.52. The summed E-state index contributed by atoms with van der Waals surface area (Å²) in [4.78, 5) is 14.0. The summed E-state index contributed by atoms with van der Waals surface area (Å²) in [5.41, 5.74) is 2.19. The molecule has 1 aromatic carbocycles. The minimum absolute atomic E-state index is 0.0575. The lowest BCUT2D eigenvalue weighted by molar-refractivity contribution is 0.195. The molecule has 1 aliphatic rings. The van der Waals surface area contributed by atoms with Gasteiger partial charge in [0.25, 0.3) is 0 Å². The molecule has 0 atom stereocenters. The van der Waals surface area contributed by atoms with Gasteiger partial charge in [-0.15, -0.1) is 0 Å². The maximum Gasteiger partial charge on any atom is 0.317 e. The van der Waals surface area contributed by atoms with Crippen LogP contribution in [0, 0.1) is 11.6 Å². The Bertz CT molecular complexity index is 778. The van der Waals surface area contributed by atoms with Crippen molar-refractivity contribution >= 4 is 17.6 Å². The second-order valence-corrected chi connectivity index (χ2v) is 6.19. The number of urea groups is 1. The topological polar surface area (TPSA) is 50.2 Å². The van der Waals surface area contributed by atoms with Crippen molar-refractivity contribution in [2.75, 3.05) is 6.54 Å². The van der Waals surface area contributed by atoms with E-state index in [1.807, 2.05) is 11.7 Å². The summed E-state index contributed by atoms with van der Waals surface area (Å²) in [5.74, 6) is -1.36. The fourth-order valence-corrected chi connectivity index (χ4v) is 2.99. The average molecular weight is 355 g/mol. The Kier molecular flexibility index (Phi) is 4.71. The van der Waals surface area contributed by atoms with Gasteiger partial charge in [0.2, 0.25) is 0 Å². The third-order valence-corrected chi connectivity index (χ3v) is 4.45. The lowest BCUT2D eigenvalue weighted by atomic mass is 10.2. The minimum Gasteiger partial charge on any atom is -0.334 e. The number of nitrogens with zero attached hydrogens (tertiary/aromatic N) is 3. The lowest BCUT2D eigenvalue weighted by Gasteiger charge is -2.21. The summed E-state index contributed by atoms with van der Waals surface area (Å²) < 4.78 is 29.0. The average Bonchev–Trinajstić information content (AvgIpc) is 2.77. The Morgan fingerprint density at radius 3 is 2.96 bits per heavy atom. The van der Waals surface area contributed by atoms with Gasteiger partial charge in [0.1, 0.15) is 11.6 Å². The zero-order chi connectivity index (χ0) is 17.3. The molecule has 128 valence electrons. The van der Waals surface area contributed by atoms with Crippen LogP contribution in [-0.2, 0) is 26.6 Å². The number of carbonyl (C=O) groups excluding carboxylic acids is 1. The molecule has 0 bridgehead atoms. The molecule has 0 unspecified atom stereocenters. The van der Waals surface area contributed by atoms with Gasteiger partial charge in [0, 0.05) is 37.0 Å². The van der Waals surface area contributed by atoms with E-state index in [1.165, 1.54) is 0 Å². The van der Waals surface area contributed by atoms with E-state index in [1.54, 1.807) is 11.1 Å². The van der Waals surface area contributed by atoms with Crippen molar-refractivity contribution in [1.82, 2.24) is 20.0 Å². The highest BCUT2D eigenvalue weighted by Crippen LogP contribution is 2.20. The van der Waals surface area contributed by atoms with Gasteiger partial charge in [-0.25, -0.2) is 13.6 Å². The van der Waals surface area contributed by atoms with Crippen molar-refractivity contribution in [1.29, 1.82) is 0 Å². The van der Waals surface area contributed by atoms with Crippen LogP contribution >= 0.6 is 11.6 Å². The fraction of sp³-hybridized carbons (Fsp3) is 0.375. The van der Waals surface area contributed by atoms with Gasteiger partial charge in [-0.1, -0.05) is 11.6 Å². The lowest BCUT2D eigenvalue weighted by Crippen LogP contribution is -2.39. The van der Waals surface area contributed by atoms with Gasteiger partial charge < -0.3 is 10.2 Å². The molecule has 5 nitrogen and oxygen atoms in total. The summed E-state index contributed by atoms with van der Waals surface area (Å²) in [7, 11) is 1.88. The van der Waals surface area contributed by atoms with Gasteiger partial charge in [-0.05, 0) is 25.0 Å². The smallest absolute Gasteiger partial charge is 0.317 e. The molecular formula is C16H17ClF2N4O. The van der Waals surface area contributed by atoms with Gasteiger partial charge >= 0.3 is 6.03 Å². The predicted octanol–water partition coefficient (Wildman–Crippen LogP) is 3.01. The Hall–Kier alpha value is -2.15. The quantitative estimate of drug-likeness (QED) is 0.843. The maximum absolute atomic E-state index is 13.8. The Labute approximate surface area is 143 Å². The number of halogens is 3. The number of amides is 2. The van der Waals surface area contributed by atoms with E-state index in [4.69, 9.17) is 11.6 Å². The third-order valence-electron chi connectivity index (χ3n) is 4.16. The molecule has 8 heteroatoms. The van der Waals surface area contributed by atoms with Gasteiger partial charge in [-0.3, -0.25) is 4.68 Å². The van der Waals surface area contributed by atoms with Crippen LogP contribution in [0.2, 0.25) is 5.02 Å². The second kappa shape index (κ2) is 6.76. The van der Waals surface area contributed by atoms with Crippen molar-refractivity contribution in [2.45, 2.75) is 25.9 Å². The molecule has 0 saturated carbocycles. The van der Waals surface area contributed by atoms with E-state index in [0.717, 1.165) is 36.2 Å². The predicted molar refractivity (Wildman–Crippen MR) is 85.5 cm³/mol. The van der Waals surface area contributed by atoms with Crippen molar-refractivity contribution in [3.63, 3.8) is 0 Å². The first-order valence-corrected chi connectivity index (χ1v) is 7.99. The van der Waals surface area contributed by atoms with Crippen molar-refractivity contribution < 1.29 is 13.6 Å². The van der Waals surface area contributed by atoms with E-state index >= 15 is 0 Å². The van der Waals surface area contributed by atoms with Gasteiger partial charge in [0.05, 0.1) is 17.8 Å². The number of hydrogen-bond acceptors (Lipinski definition) is 2. The molecule has 0 spiro atoms. The van der Waals surface area contributed by atoms with E-state index in [9.17, 15) is 13.6 Å². The molecule has 2 heterocycles. The Morgan fingerprint density at radius 1 is 1.38 bits per heavy atom. The summed E-state index contributed by atoms with van der Waals surface area (Å²) in [6.07, 6.45) is 3.44. The second-order valence-electron chi connectivity index (χ2n) is 5.78. The first-order chi connectivity index (χ1) is 11.5. The summed E-state index contributed by atoms with van der Waals surface area (Å²) in [6, 6.07) is 1.59. The summed E-state index contributed by atoms with van der Waals surface area (Å²) in [5, 5.41) is 6.56. The van der Waals surface area contributed by atoms with E-state index < -0.39 is 11.6 Å². The molecule has 24 heavy (non-hydrogen) atoms. The van der Waals surface area contributed by atoms with Crippen LogP contribution in [0.1, 0.15) is 23.2 Å². The van der Waals surface area contributed by atoms with Gasteiger partial charge in [0.15, 0.2) is 0 Å². The number of aryl methyl sites for hydroxylation is 1. The first-order valence-electron chi connectivity index (χ1n) is 7.61. The Morgan fingerprint density at radius 2 is 2.17 bits per heavy atom. The highest BCUT2D eigenvalue weighted by Gasteiger charge is 2.21. The molecule has 0 fully saturated rings. The highest BCUT2D eigenvalue weighted by molar-refractivity contribution is 6.30. The van der Waals surface area contributed by atoms with Crippen LogP contribution in [-0.4, -0.2) is 27.3 Å². The SMILES string of the molecule is Cn1ncc2c1CCCN(C(=O)NCc1cc(F)c(Cl)cc1F)C2. The number of rotatable bonds is 2. The van der Waals surface area contributed by atoms with Crippen LogP contribution in [0.3, 0.4) is 0 Å².